The smallest absolute Gasteiger partial charge is 0.308 e. The average molecular weight is 278 g/mol. The third-order valence-corrected chi connectivity index (χ3v) is 3.34. The van der Waals surface area contributed by atoms with E-state index in [2.05, 4.69) is 0 Å². The molecule has 0 aliphatic rings. The van der Waals surface area contributed by atoms with E-state index < -0.39 is 17.8 Å². The molecule has 3 N–H and O–H groups in total. The summed E-state index contributed by atoms with van der Waals surface area (Å²) in [5.74, 6) is -2.03. The van der Waals surface area contributed by atoms with Crippen molar-refractivity contribution in [3.63, 3.8) is 0 Å². The van der Waals surface area contributed by atoms with Gasteiger partial charge in [0.25, 0.3) is 0 Å². The maximum Gasteiger partial charge on any atom is 0.308 e. The molecule has 1 aromatic rings. The second-order valence-corrected chi connectivity index (χ2v) is 4.82. The van der Waals surface area contributed by atoms with Crippen molar-refractivity contribution < 1.29 is 14.7 Å². The van der Waals surface area contributed by atoms with Crippen molar-refractivity contribution in [1.82, 2.24) is 4.90 Å². The first-order valence-corrected chi connectivity index (χ1v) is 6.77. The Kier molecular flexibility index (Phi) is 6.18. The fourth-order valence-corrected chi connectivity index (χ4v) is 2.07. The highest BCUT2D eigenvalue weighted by Crippen LogP contribution is 2.18. The summed E-state index contributed by atoms with van der Waals surface area (Å²) in [5, 5.41) is 8.96. The first-order valence-electron chi connectivity index (χ1n) is 6.77. The van der Waals surface area contributed by atoms with Gasteiger partial charge in [0, 0.05) is 19.6 Å². The summed E-state index contributed by atoms with van der Waals surface area (Å²) in [6.07, 6.45) is 0. The molecule has 2 atom stereocenters. The van der Waals surface area contributed by atoms with E-state index in [0.717, 1.165) is 5.56 Å². The topological polar surface area (TPSA) is 83.6 Å². The van der Waals surface area contributed by atoms with Crippen molar-refractivity contribution in [2.24, 2.45) is 11.7 Å². The second kappa shape index (κ2) is 7.65. The first-order chi connectivity index (χ1) is 9.51. The predicted molar refractivity (Wildman–Crippen MR) is 77.3 cm³/mol. The molecule has 0 heterocycles. The predicted octanol–water partition coefficient (Wildman–Crippen LogP) is 1.30. The zero-order valence-corrected chi connectivity index (χ0v) is 12.0. The third kappa shape index (κ3) is 4.06. The summed E-state index contributed by atoms with van der Waals surface area (Å²) >= 11 is 0. The average Bonchev–Trinajstić information content (AvgIpc) is 2.46. The molecule has 1 aromatic carbocycles. The number of carboxylic acid groups (broad SMARTS) is 1. The highest BCUT2D eigenvalue weighted by Gasteiger charge is 2.26. The SMILES string of the molecule is CCN(CC(C)C(=O)O)C(=O)C(CN)c1ccccc1. The quantitative estimate of drug-likeness (QED) is 0.787. The van der Waals surface area contributed by atoms with E-state index >= 15 is 0 Å². The van der Waals surface area contributed by atoms with Crippen LogP contribution in [-0.2, 0) is 9.59 Å². The Labute approximate surface area is 119 Å². The van der Waals surface area contributed by atoms with Gasteiger partial charge in [-0.05, 0) is 12.5 Å². The number of hydrogen-bond donors (Lipinski definition) is 2. The third-order valence-electron chi connectivity index (χ3n) is 3.34. The van der Waals surface area contributed by atoms with Crippen LogP contribution in [0, 0.1) is 5.92 Å². The van der Waals surface area contributed by atoms with Gasteiger partial charge in [-0.15, -0.1) is 0 Å². The lowest BCUT2D eigenvalue weighted by atomic mass is 9.97. The van der Waals surface area contributed by atoms with E-state index in [0.29, 0.717) is 6.54 Å². The van der Waals surface area contributed by atoms with Crippen LogP contribution in [0.25, 0.3) is 0 Å². The maximum absolute atomic E-state index is 12.5. The molecule has 0 saturated heterocycles. The van der Waals surface area contributed by atoms with E-state index in [-0.39, 0.29) is 19.0 Å². The monoisotopic (exact) mass is 278 g/mol. The molecule has 0 aromatic heterocycles. The van der Waals surface area contributed by atoms with Crippen LogP contribution >= 0.6 is 0 Å². The molecular formula is C15H22N2O3. The standard InChI is InChI=1S/C15H22N2O3/c1-3-17(10-11(2)15(19)20)14(18)13(9-16)12-7-5-4-6-8-12/h4-8,11,13H,3,9-10,16H2,1-2H3,(H,19,20). The Hall–Kier alpha value is -1.88. The van der Waals surface area contributed by atoms with Gasteiger partial charge < -0.3 is 15.7 Å². The normalized spacial score (nSPS) is 13.6. The fourth-order valence-electron chi connectivity index (χ4n) is 2.07. The minimum atomic E-state index is -0.903. The van der Waals surface area contributed by atoms with Gasteiger partial charge in [-0.1, -0.05) is 37.3 Å². The zero-order chi connectivity index (χ0) is 15.1. The Bertz CT molecular complexity index is 448. The van der Waals surface area contributed by atoms with Gasteiger partial charge in [-0.2, -0.15) is 0 Å². The van der Waals surface area contributed by atoms with Gasteiger partial charge >= 0.3 is 5.97 Å². The highest BCUT2D eigenvalue weighted by atomic mass is 16.4. The molecule has 110 valence electrons. The molecule has 2 unspecified atom stereocenters. The highest BCUT2D eigenvalue weighted by molar-refractivity contribution is 5.84. The summed E-state index contributed by atoms with van der Waals surface area (Å²) < 4.78 is 0. The molecule has 0 radical (unpaired) electrons. The van der Waals surface area contributed by atoms with Crippen molar-refractivity contribution in [2.45, 2.75) is 19.8 Å². The van der Waals surface area contributed by atoms with E-state index in [1.165, 1.54) is 0 Å². The number of nitrogens with zero attached hydrogens (tertiary/aromatic N) is 1. The molecule has 0 fully saturated rings. The summed E-state index contributed by atoms with van der Waals surface area (Å²) in [6, 6.07) is 9.34. The molecule has 0 saturated carbocycles. The Morgan fingerprint density at radius 3 is 2.35 bits per heavy atom. The number of carbonyl (C=O) groups is 2. The van der Waals surface area contributed by atoms with Crippen LogP contribution in [0.4, 0.5) is 0 Å². The number of likely N-dealkylation sites (N-methyl/N-ethyl adjacent to an activating group) is 1. The minimum absolute atomic E-state index is 0.116. The van der Waals surface area contributed by atoms with Crippen LogP contribution in [0.2, 0.25) is 0 Å². The molecule has 1 amide bonds. The zero-order valence-electron chi connectivity index (χ0n) is 12.0. The molecule has 5 nitrogen and oxygen atoms in total. The lowest BCUT2D eigenvalue weighted by molar-refractivity contribution is -0.143. The molecule has 20 heavy (non-hydrogen) atoms. The maximum atomic E-state index is 12.5. The number of nitrogens with two attached hydrogens (primary N) is 1. The number of benzene rings is 1. The number of rotatable bonds is 7. The Morgan fingerprint density at radius 1 is 1.30 bits per heavy atom. The van der Waals surface area contributed by atoms with Crippen molar-refractivity contribution in [2.75, 3.05) is 19.6 Å². The van der Waals surface area contributed by atoms with E-state index in [9.17, 15) is 9.59 Å². The molecule has 5 heteroatoms. The van der Waals surface area contributed by atoms with Crippen LogP contribution in [0.3, 0.4) is 0 Å². The molecule has 0 spiro atoms. The number of aliphatic carboxylic acids is 1. The van der Waals surface area contributed by atoms with Gasteiger partial charge in [0.2, 0.25) is 5.91 Å². The van der Waals surface area contributed by atoms with Crippen LogP contribution in [-0.4, -0.2) is 41.5 Å². The first kappa shape index (κ1) is 16.2. The van der Waals surface area contributed by atoms with Crippen molar-refractivity contribution in [3.8, 4) is 0 Å². The van der Waals surface area contributed by atoms with Crippen LogP contribution in [0.5, 0.6) is 0 Å². The van der Waals surface area contributed by atoms with E-state index in [1.807, 2.05) is 37.3 Å². The second-order valence-electron chi connectivity index (χ2n) is 4.82. The van der Waals surface area contributed by atoms with E-state index in [1.54, 1.807) is 11.8 Å². The van der Waals surface area contributed by atoms with Gasteiger partial charge in [0.1, 0.15) is 0 Å². The summed E-state index contributed by atoms with van der Waals surface area (Å²) in [5.41, 5.74) is 6.59. The van der Waals surface area contributed by atoms with Crippen LogP contribution < -0.4 is 5.73 Å². The Balaban J connectivity index is 2.85. The molecule has 1 rings (SSSR count). The van der Waals surface area contributed by atoms with Crippen molar-refractivity contribution in [1.29, 1.82) is 0 Å². The fraction of sp³-hybridized carbons (Fsp3) is 0.467. The van der Waals surface area contributed by atoms with Crippen LogP contribution in [0.1, 0.15) is 25.3 Å². The van der Waals surface area contributed by atoms with Crippen molar-refractivity contribution in [3.05, 3.63) is 35.9 Å². The van der Waals surface area contributed by atoms with Gasteiger partial charge in [0.05, 0.1) is 11.8 Å². The summed E-state index contributed by atoms with van der Waals surface area (Å²) in [7, 11) is 0. The van der Waals surface area contributed by atoms with E-state index in [4.69, 9.17) is 10.8 Å². The summed E-state index contributed by atoms with van der Waals surface area (Å²) in [6.45, 7) is 4.32. The number of amides is 1. The largest absolute Gasteiger partial charge is 0.481 e. The summed E-state index contributed by atoms with van der Waals surface area (Å²) in [4.78, 5) is 25.0. The van der Waals surface area contributed by atoms with Gasteiger partial charge in [0.15, 0.2) is 0 Å². The minimum Gasteiger partial charge on any atom is -0.481 e. The van der Waals surface area contributed by atoms with Crippen molar-refractivity contribution >= 4 is 11.9 Å². The lowest BCUT2D eigenvalue weighted by Gasteiger charge is -2.27. The number of carboxylic acids is 1. The molecular weight excluding hydrogens is 256 g/mol. The van der Waals surface area contributed by atoms with Gasteiger partial charge in [-0.25, -0.2) is 0 Å². The molecule has 0 bridgehead atoms. The molecule has 0 aliphatic heterocycles. The number of carbonyl (C=O) groups excluding carboxylic acids is 1. The lowest BCUT2D eigenvalue weighted by Crippen LogP contribution is -2.41. The van der Waals surface area contributed by atoms with Gasteiger partial charge in [-0.3, -0.25) is 9.59 Å². The Morgan fingerprint density at radius 2 is 1.90 bits per heavy atom. The van der Waals surface area contributed by atoms with Crippen LogP contribution in [0.15, 0.2) is 30.3 Å². The number of hydrogen-bond acceptors (Lipinski definition) is 3. The molecule has 0 aliphatic carbocycles.